The highest BCUT2D eigenvalue weighted by atomic mass is 16.4. The Morgan fingerprint density at radius 1 is 1.09 bits per heavy atom. The van der Waals surface area contributed by atoms with Gasteiger partial charge in [0.05, 0.1) is 6.04 Å². The number of carbonyl (C=O) groups is 3. The van der Waals surface area contributed by atoms with Gasteiger partial charge in [-0.1, -0.05) is 0 Å². The maximum Gasteiger partial charge on any atom is 0.326 e. The number of rotatable bonds is 11. The van der Waals surface area contributed by atoms with Gasteiger partial charge in [0.1, 0.15) is 6.04 Å². The van der Waals surface area contributed by atoms with Gasteiger partial charge in [-0.3, -0.25) is 9.79 Å². The van der Waals surface area contributed by atoms with E-state index in [0.29, 0.717) is 12.8 Å². The van der Waals surface area contributed by atoms with E-state index < -0.39 is 30.0 Å². The lowest BCUT2D eigenvalue weighted by molar-refractivity contribution is -0.142. The van der Waals surface area contributed by atoms with Gasteiger partial charge in [0.15, 0.2) is 5.96 Å². The Hall–Kier alpha value is -2.56. The summed E-state index contributed by atoms with van der Waals surface area (Å²) < 4.78 is 0. The molecule has 0 spiro atoms. The van der Waals surface area contributed by atoms with E-state index in [1.807, 2.05) is 0 Å². The minimum absolute atomic E-state index is 0.0764. The second kappa shape index (κ2) is 11.1. The van der Waals surface area contributed by atoms with Crippen LogP contribution in [-0.4, -0.2) is 54.1 Å². The summed E-state index contributed by atoms with van der Waals surface area (Å²) in [5, 5.41) is 13.8. The number of carboxylic acid groups (broad SMARTS) is 1. The maximum atomic E-state index is 11.8. The van der Waals surface area contributed by atoms with Crippen LogP contribution < -0.4 is 33.6 Å². The number of urea groups is 1. The van der Waals surface area contributed by atoms with Crippen LogP contribution in [0.15, 0.2) is 4.99 Å². The third kappa shape index (κ3) is 10.8. The van der Waals surface area contributed by atoms with Gasteiger partial charge in [-0.05, 0) is 25.7 Å². The molecule has 3 amide bonds. The molecular formula is C12H25N7O4. The van der Waals surface area contributed by atoms with E-state index in [1.165, 1.54) is 0 Å². The standard InChI is InChI=1S/C12H25N7O4/c13-7(3-1-6-18-12(16)23)9(20)19-8(10(21)22)4-2-5-17-11(14)15/h7-8H,1-6,13H2,(H,19,20)(H,21,22)(H4,14,15,17)(H3,16,18,23). The van der Waals surface area contributed by atoms with Gasteiger partial charge in [-0.15, -0.1) is 0 Å². The minimum Gasteiger partial charge on any atom is -0.480 e. The van der Waals surface area contributed by atoms with Crippen molar-refractivity contribution in [2.75, 3.05) is 13.1 Å². The molecule has 0 rings (SSSR count). The molecule has 11 heteroatoms. The van der Waals surface area contributed by atoms with Crippen molar-refractivity contribution in [2.45, 2.75) is 37.8 Å². The van der Waals surface area contributed by atoms with E-state index in [-0.39, 0.29) is 31.9 Å². The topological polar surface area (TPSA) is 212 Å². The second-order valence-electron chi connectivity index (χ2n) is 4.89. The van der Waals surface area contributed by atoms with Crippen molar-refractivity contribution < 1.29 is 19.5 Å². The zero-order valence-electron chi connectivity index (χ0n) is 12.8. The van der Waals surface area contributed by atoms with Crippen LogP contribution in [0.1, 0.15) is 25.7 Å². The molecule has 0 heterocycles. The largest absolute Gasteiger partial charge is 0.480 e. The second-order valence-corrected chi connectivity index (χ2v) is 4.89. The Bertz CT molecular complexity index is 437. The quantitative estimate of drug-likeness (QED) is 0.121. The van der Waals surface area contributed by atoms with Gasteiger partial charge in [-0.2, -0.15) is 0 Å². The molecule has 0 aliphatic rings. The van der Waals surface area contributed by atoms with Gasteiger partial charge >= 0.3 is 12.0 Å². The smallest absolute Gasteiger partial charge is 0.326 e. The minimum atomic E-state index is -1.16. The fourth-order valence-electron chi connectivity index (χ4n) is 1.70. The van der Waals surface area contributed by atoms with E-state index in [4.69, 9.17) is 28.0 Å². The van der Waals surface area contributed by atoms with E-state index in [0.717, 1.165) is 0 Å². The summed E-state index contributed by atoms with van der Waals surface area (Å²) in [5.41, 5.74) is 20.9. The fourth-order valence-corrected chi connectivity index (χ4v) is 1.70. The highest BCUT2D eigenvalue weighted by Crippen LogP contribution is 2.01. The molecule has 0 fully saturated rings. The molecule has 0 aromatic rings. The fraction of sp³-hybridized carbons (Fsp3) is 0.667. The molecular weight excluding hydrogens is 306 g/mol. The van der Waals surface area contributed by atoms with Crippen molar-refractivity contribution in [1.29, 1.82) is 0 Å². The van der Waals surface area contributed by atoms with E-state index in [1.54, 1.807) is 0 Å². The van der Waals surface area contributed by atoms with E-state index in [2.05, 4.69) is 15.6 Å². The number of nitrogens with zero attached hydrogens (tertiary/aromatic N) is 1. The third-order valence-corrected chi connectivity index (χ3v) is 2.89. The summed E-state index contributed by atoms with van der Waals surface area (Å²) in [6.45, 7) is 0.560. The van der Waals surface area contributed by atoms with Crippen molar-refractivity contribution in [2.24, 2.45) is 27.9 Å². The predicted molar refractivity (Wildman–Crippen MR) is 84.3 cm³/mol. The number of hydrogen-bond donors (Lipinski definition) is 7. The lowest BCUT2D eigenvalue weighted by Crippen LogP contribution is -2.48. The monoisotopic (exact) mass is 331 g/mol. The lowest BCUT2D eigenvalue weighted by Gasteiger charge is -2.17. The Balaban J connectivity index is 4.19. The normalized spacial score (nSPS) is 12.7. The molecule has 11 N–H and O–H groups in total. The van der Waals surface area contributed by atoms with Crippen LogP contribution in [0.25, 0.3) is 0 Å². The number of carboxylic acids is 1. The van der Waals surface area contributed by atoms with Crippen LogP contribution in [0, 0.1) is 0 Å². The molecule has 0 bridgehead atoms. The van der Waals surface area contributed by atoms with Crippen LogP contribution in [0.2, 0.25) is 0 Å². The van der Waals surface area contributed by atoms with Crippen molar-refractivity contribution in [3.63, 3.8) is 0 Å². The summed E-state index contributed by atoms with van der Waals surface area (Å²) in [4.78, 5) is 37.2. The van der Waals surface area contributed by atoms with Crippen molar-refractivity contribution >= 4 is 23.9 Å². The van der Waals surface area contributed by atoms with Crippen molar-refractivity contribution in [3.8, 4) is 0 Å². The molecule has 0 aliphatic carbocycles. The Morgan fingerprint density at radius 2 is 1.74 bits per heavy atom. The lowest BCUT2D eigenvalue weighted by atomic mass is 10.1. The third-order valence-electron chi connectivity index (χ3n) is 2.89. The average Bonchev–Trinajstić information content (AvgIpc) is 2.45. The Morgan fingerprint density at radius 3 is 2.26 bits per heavy atom. The van der Waals surface area contributed by atoms with E-state index >= 15 is 0 Å². The number of primary amides is 1. The number of nitrogens with two attached hydrogens (primary N) is 4. The maximum absolute atomic E-state index is 11.8. The molecule has 2 unspecified atom stereocenters. The van der Waals surface area contributed by atoms with Crippen molar-refractivity contribution in [1.82, 2.24) is 10.6 Å². The number of nitrogens with one attached hydrogen (secondary N) is 2. The summed E-state index contributed by atoms with van der Waals surface area (Å²) in [6, 6.07) is -2.59. The Labute approximate surface area is 133 Å². The first-order chi connectivity index (χ1) is 10.7. The molecule has 0 aromatic heterocycles. The number of amides is 3. The summed E-state index contributed by atoms with van der Waals surface area (Å²) in [5.74, 6) is -1.81. The predicted octanol–water partition coefficient (Wildman–Crippen LogP) is -2.61. The SMILES string of the molecule is NC(=O)NCCCC(N)C(=O)NC(CCCN=C(N)N)C(=O)O. The molecule has 0 aliphatic heterocycles. The first kappa shape index (κ1) is 20.4. The molecule has 23 heavy (non-hydrogen) atoms. The summed E-state index contributed by atoms with van der Waals surface area (Å²) in [7, 11) is 0. The summed E-state index contributed by atoms with van der Waals surface area (Å²) >= 11 is 0. The average molecular weight is 331 g/mol. The molecule has 11 nitrogen and oxygen atoms in total. The van der Waals surface area contributed by atoms with Crippen LogP contribution >= 0.6 is 0 Å². The van der Waals surface area contributed by atoms with Gasteiger partial charge in [-0.25, -0.2) is 9.59 Å². The Kier molecular flexibility index (Phi) is 9.83. The van der Waals surface area contributed by atoms with Gasteiger partial charge < -0.3 is 38.7 Å². The van der Waals surface area contributed by atoms with Gasteiger partial charge in [0.2, 0.25) is 5.91 Å². The van der Waals surface area contributed by atoms with E-state index in [9.17, 15) is 14.4 Å². The highest BCUT2D eigenvalue weighted by molar-refractivity contribution is 5.86. The molecule has 0 radical (unpaired) electrons. The summed E-state index contributed by atoms with van der Waals surface area (Å²) in [6.07, 6.45) is 1.30. The first-order valence-corrected chi connectivity index (χ1v) is 7.11. The molecule has 0 saturated carbocycles. The molecule has 0 saturated heterocycles. The zero-order chi connectivity index (χ0) is 17.8. The highest BCUT2D eigenvalue weighted by Gasteiger charge is 2.22. The number of carbonyl (C=O) groups excluding carboxylic acids is 2. The molecule has 0 aromatic carbocycles. The van der Waals surface area contributed by atoms with Gasteiger partial charge in [0.25, 0.3) is 0 Å². The van der Waals surface area contributed by atoms with Crippen LogP contribution in [0.5, 0.6) is 0 Å². The first-order valence-electron chi connectivity index (χ1n) is 7.11. The number of guanidine groups is 1. The number of aliphatic carboxylic acids is 1. The number of hydrogen-bond acceptors (Lipinski definition) is 5. The molecule has 2 atom stereocenters. The van der Waals surface area contributed by atoms with Crippen LogP contribution in [-0.2, 0) is 9.59 Å². The zero-order valence-corrected chi connectivity index (χ0v) is 12.8. The van der Waals surface area contributed by atoms with Gasteiger partial charge in [0, 0.05) is 13.1 Å². The van der Waals surface area contributed by atoms with Crippen LogP contribution in [0.3, 0.4) is 0 Å². The molecule has 132 valence electrons. The van der Waals surface area contributed by atoms with Crippen molar-refractivity contribution in [3.05, 3.63) is 0 Å². The van der Waals surface area contributed by atoms with Crippen LogP contribution in [0.4, 0.5) is 4.79 Å². The number of aliphatic imine (C=N–C) groups is 1.